The van der Waals surface area contributed by atoms with Gasteiger partial charge in [0, 0.05) is 20.1 Å². The van der Waals surface area contributed by atoms with Gasteiger partial charge in [-0.3, -0.25) is 0 Å². The Kier molecular flexibility index (Phi) is 7.00. The van der Waals surface area contributed by atoms with Gasteiger partial charge in [-0.1, -0.05) is 33.8 Å². The van der Waals surface area contributed by atoms with Crippen LogP contribution in [0.2, 0.25) is 0 Å². The number of rotatable bonds is 8. The van der Waals surface area contributed by atoms with E-state index >= 15 is 0 Å². The van der Waals surface area contributed by atoms with Crippen LogP contribution in [0, 0.1) is 17.7 Å². The van der Waals surface area contributed by atoms with E-state index in [0.717, 1.165) is 31.6 Å². The number of anilines is 1. The molecule has 1 aromatic rings. The summed E-state index contributed by atoms with van der Waals surface area (Å²) in [6, 6.07) is 5.55. The minimum Gasteiger partial charge on any atom is -0.372 e. The van der Waals surface area contributed by atoms with Gasteiger partial charge in [0.05, 0.1) is 5.69 Å². The van der Waals surface area contributed by atoms with Crippen LogP contribution in [0.5, 0.6) is 0 Å². The van der Waals surface area contributed by atoms with Crippen LogP contribution < -0.4 is 10.2 Å². The van der Waals surface area contributed by atoms with E-state index < -0.39 is 0 Å². The van der Waals surface area contributed by atoms with Crippen LogP contribution in [-0.4, -0.2) is 20.1 Å². The maximum absolute atomic E-state index is 14.1. The molecule has 114 valence electrons. The van der Waals surface area contributed by atoms with Gasteiger partial charge in [0.2, 0.25) is 0 Å². The lowest BCUT2D eigenvalue weighted by Gasteiger charge is -2.21. The molecule has 0 spiro atoms. The van der Waals surface area contributed by atoms with E-state index in [4.69, 9.17) is 0 Å². The Hall–Kier alpha value is -1.09. The molecule has 0 heterocycles. The molecule has 0 unspecified atom stereocenters. The third kappa shape index (κ3) is 5.91. The second-order valence-corrected chi connectivity index (χ2v) is 6.41. The van der Waals surface area contributed by atoms with Crippen molar-refractivity contribution in [3.05, 3.63) is 29.6 Å². The minimum atomic E-state index is -0.125. The van der Waals surface area contributed by atoms with Crippen molar-refractivity contribution in [2.75, 3.05) is 25.0 Å². The molecule has 0 atom stereocenters. The molecule has 2 nitrogen and oxygen atoms in total. The third-order valence-corrected chi connectivity index (χ3v) is 3.35. The zero-order valence-corrected chi connectivity index (χ0v) is 13.5. The normalized spacial score (nSPS) is 11.4. The summed E-state index contributed by atoms with van der Waals surface area (Å²) in [6.07, 6.45) is 1.08. The first-order valence-electron chi connectivity index (χ1n) is 7.60. The van der Waals surface area contributed by atoms with Gasteiger partial charge >= 0.3 is 0 Å². The van der Waals surface area contributed by atoms with E-state index in [9.17, 15) is 4.39 Å². The number of nitrogens with zero attached hydrogens (tertiary/aromatic N) is 1. The highest BCUT2D eigenvalue weighted by Crippen LogP contribution is 2.20. The molecular formula is C17H29FN2. The Morgan fingerprint density at radius 3 is 2.40 bits per heavy atom. The molecule has 0 saturated heterocycles. The number of halogens is 1. The van der Waals surface area contributed by atoms with Gasteiger partial charge in [0.15, 0.2) is 0 Å². The average Bonchev–Trinajstić information content (AvgIpc) is 2.35. The molecule has 1 aromatic carbocycles. The van der Waals surface area contributed by atoms with E-state index in [1.54, 1.807) is 6.07 Å². The Bertz CT molecular complexity index is 402. The van der Waals surface area contributed by atoms with E-state index in [1.165, 1.54) is 0 Å². The third-order valence-electron chi connectivity index (χ3n) is 3.35. The van der Waals surface area contributed by atoms with E-state index in [2.05, 4.69) is 33.0 Å². The molecule has 0 aromatic heterocycles. The van der Waals surface area contributed by atoms with Crippen molar-refractivity contribution in [3.8, 4) is 0 Å². The molecule has 0 saturated carbocycles. The lowest BCUT2D eigenvalue weighted by molar-refractivity contribution is 0.549. The van der Waals surface area contributed by atoms with E-state index in [-0.39, 0.29) is 5.82 Å². The van der Waals surface area contributed by atoms with Crippen LogP contribution in [-0.2, 0) is 6.54 Å². The summed E-state index contributed by atoms with van der Waals surface area (Å²) in [5, 5.41) is 3.34. The van der Waals surface area contributed by atoms with Gasteiger partial charge in [0.1, 0.15) is 5.82 Å². The van der Waals surface area contributed by atoms with Crippen LogP contribution >= 0.6 is 0 Å². The summed E-state index contributed by atoms with van der Waals surface area (Å²) >= 11 is 0. The molecule has 0 bridgehead atoms. The van der Waals surface area contributed by atoms with E-state index in [0.29, 0.717) is 17.5 Å². The van der Waals surface area contributed by atoms with Crippen molar-refractivity contribution in [2.24, 2.45) is 11.8 Å². The summed E-state index contributed by atoms with van der Waals surface area (Å²) in [5.41, 5.74) is 1.70. The van der Waals surface area contributed by atoms with Gasteiger partial charge in [-0.25, -0.2) is 4.39 Å². The van der Waals surface area contributed by atoms with Crippen molar-refractivity contribution < 1.29 is 4.39 Å². The monoisotopic (exact) mass is 280 g/mol. The maximum Gasteiger partial charge on any atom is 0.146 e. The molecule has 0 aliphatic heterocycles. The van der Waals surface area contributed by atoms with Crippen LogP contribution in [0.3, 0.4) is 0 Å². The largest absolute Gasteiger partial charge is 0.372 e. The quantitative estimate of drug-likeness (QED) is 0.772. The zero-order valence-electron chi connectivity index (χ0n) is 13.5. The molecule has 0 fully saturated rings. The Morgan fingerprint density at radius 1 is 1.15 bits per heavy atom. The second kappa shape index (κ2) is 8.25. The fraction of sp³-hybridized carbons (Fsp3) is 0.647. The smallest absolute Gasteiger partial charge is 0.146 e. The van der Waals surface area contributed by atoms with Crippen molar-refractivity contribution in [1.82, 2.24) is 5.32 Å². The Labute approximate surface area is 123 Å². The fourth-order valence-corrected chi connectivity index (χ4v) is 2.05. The molecule has 0 aliphatic rings. The van der Waals surface area contributed by atoms with Crippen molar-refractivity contribution in [2.45, 2.75) is 40.7 Å². The fourth-order valence-electron chi connectivity index (χ4n) is 2.05. The summed E-state index contributed by atoms with van der Waals surface area (Å²) < 4.78 is 14.1. The number of nitrogens with one attached hydrogen (secondary N) is 1. The zero-order chi connectivity index (χ0) is 15.1. The number of hydrogen-bond acceptors (Lipinski definition) is 2. The van der Waals surface area contributed by atoms with Crippen molar-refractivity contribution in [1.29, 1.82) is 0 Å². The lowest BCUT2D eigenvalue weighted by atomic mass is 10.1. The van der Waals surface area contributed by atoms with Crippen LogP contribution in [0.1, 0.15) is 39.7 Å². The van der Waals surface area contributed by atoms with Crippen molar-refractivity contribution >= 4 is 5.69 Å². The first-order valence-corrected chi connectivity index (χ1v) is 7.60. The second-order valence-electron chi connectivity index (χ2n) is 6.41. The number of benzene rings is 1. The SMILES string of the molecule is CC(C)CCN(C)c1ccc(CNCC(C)C)cc1F. The molecule has 0 amide bonds. The summed E-state index contributed by atoms with van der Waals surface area (Å²) in [5.74, 6) is 1.13. The van der Waals surface area contributed by atoms with Crippen LogP contribution in [0.15, 0.2) is 18.2 Å². The highest BCUT2D eigenvalue weighted by atomic mass is 19.1. The van der Waals surface area contributed by atoms with Gasteiger partial charge in [-0.05, 0) is 42.5 Å². The summed E-state index contributed by atoms with van der Waals surface area (Å²) in [7, 11) is 1.96. The van der Waals surface area contributed by atoms with E-state index in [1.807, 2.05) is 24.1 Å². The maximum atomic E-state index is 14.1. The summed E-state index contributed by atoms with van der Waals surface area (Å²) in [6.45, 7) is 11.3. The molecule has 20 heavy (non-hydrogen) atoms. The average molecular weight is 280 g/mol. The predicted molar refractivity (Wildman–Crippen MR) is 85.7 cm³/mol. The predicted octanol–water partition coefficient (Wildman–Crippen LogP) is 4.05. The van der Waals surface area contributed by atoms with Crippen LogP contribution in [0.4, 0.5) is 10.1 Å². The Balaban J connectivity index is 2.58. The van der Waals surface area contributed by atoms with Crippen LogP contribution in [0.25, 0.3) is 0 Å². The van der Waals surface area contributed by atoms with Gasteiger partial charge in [-0.15, -0.1) is 0 Å². The first-order chi connectivity index (χ1) is 9.40. The standard InChI is InChI=1S/C17H29FN2/c1-13(2)8-9-20(5)17-7-6-15(10-16(17)18)12-19-11-14(3)4/h6-7,10,13-14,19H,8-9,11-12H2,1-5H3. The molecular weight excluding hydrogens is 251 g/mol. The molecule has 1 N–H and O–H groups in total. The molecule has 3 heteroatoms. The van der Waals surface area contributed by atoms with Gasteiger partial charge in [-0.2, -0.15) is 0 Å². The Morgan fingerprint density at radius 2 is 1.85 bits per heavy atom. The minimum absolute atomic E-state index is 0.125. The first kappa shape index (κ1) is 17.0. The highest BCUT2D eigenvalue weighted by Gasteiger charge is 2.09. The summed E-state index contributed by atoms with van der Waals surface area (Å²) in [4.78, 5) is 2.00. The molecule has 0 aliphatic carbocycles. The highest BCUT2D eigenvalue weighted by molar-refractivity contribution is 5.48. The van der Waals surface area contributed by atoms with Crippen molar-refractivity contribution in [3.63, 3.8) is 0 Å². The molecule has 1 rings (SSSR count). The topological polar surface area (TPSA) is 15.3 Å². The molecule has 0 radical (unpaired) electrons. The van der Waals surface area contributed by atoms with Gasteiger partial charge < -0.3 is 10.2 Å². The number of hydrogen-bond donors (Lipinski definition) is 1. The lowest BCUT2D eigenvalue weighted by Crippen LogP contribution is -2.22. The van der Waals surface area contributed by atoms with Gasteiger partial charge in [0.25, 0.3) is 0 Å².